The molecule has 29 heavy (non-hydrogen) atoms. The molecule has 0 saturated carbocycles. The van der Waals surface area contributed by atoms with Gasteiger partial charge in [0.1, 0.15) is 6.54 Å². The van der Waals surface area contributed by atoms with Crippen LogP contribution in [0.5, 0.6) is 0 Å². The zero-order valence-electron chi connectivity index (χ0n) is 17.6. The molecule has 1 fully saturated rings. The van der Waals surface area contributed by atoms with E-state index < -0.39 is 10.0 Å². The summed E-state index contributed by atoms with van der Waals surface area (Å²) in [7, 11) is -3.32. The number of quaternary nitrogens is 1. The molecule has 0 spiro atoms. The van der Waals surface area contributed by atoms with Crippen LogP contribution in [-0.4, -0.2) is 55.8 Å². The maximum Gasteiger partial charge on any atom is 0.218 e. The van der Waals surface area contributed by atoms with E-state index in [2.05, 4.69) is 11.5 Å². The van der Waals surface area contributed by atoms with Gasteiger partial charge in [0.25, 0.3) is 0 Å². The normalized spacial score (nSPS) is 16.2. The van der Waals surface area contributed by atoms with Crippen molar-refractivity contribution in [2.75, 3.05) is 32.7 Å². The standard InChI is InChI=1S/C22H31N3O3S/c1-4-10-25-18(2)15-21(19(25)3)22(26)16-23-11-13-24(14-12-23)29(27,28)17-20-8-6-5-7-9-20/h5-9,15H,4,10-14,16-17H2,1-3H3/p+1. The molecule has 7 heteroatoms. The van der Waals surface area contributed by atoms with Crippen molar-refractivity contribution in [1.82, 2.24) is 8.87 Å². The lowest BCUT2D eigenvalue weighted by Crippen LogP contribution is -3.15. The van der Waals surface area contributed by atoms with Crippen LogP contribution < -0.4 is 4.90 Å². The molecular weight excluding hydrogens is 386 g/mol. The topological polar surface area (TPSA) is 63.8 Å². The number of hydrogen-bond acceptors (Lipinski definition) is 3. The summed E-state index contributed by atoms with van der Waals surface area (Å²) in [6, 6.07) is 11.3. The van der Waals surface area contributed by atoms with Gasteiger partial charge in [0.2, 0.25) is 15.8 Å². The van der Waals surface area contributed by atoms with Gasteiger partial charge in [-0.25, -0.2) is 8.42 Å². The molecule has 3 rings (SSSR count). The summed E-state index contributed by atoms with van der Waals surface area (Å²) in [6.45, 7) is 9.79. The van der Waals surface area contributed by atoms with Crippen LogP contribution >= 0.6 is 0 Å². The van der Waals surface area contributed by atoms with E-state index in [1.54, 1.807) is 4.31 Å². The summed E-state index contributed by atoms with van der Waals surface area (Å²) in [6.07, 6.45) is 1.04. The Bertz CT molecular complexity index is 943. The molecule has 158 valence electrons. The molecule has 0 atom stereocenters. The predicted molar refractivity (Wildman–Crippen MR) is 115 cm³/mol. The number of sulfonamides is 1. The van der Waals surface area contributed by atoms with E-state index in [0.29, 0.717) is 32.7 Å². The van der Waals surface area contributed by atoms with E-state index in [1.165, 1.54) is 0 Å². The smallest absolute Gasteiger partial charge is 0.218 e. The van der Waals surface area contributed by atoms with Gasteiger partial charge in [0.05, 0.1) is 31.9 Å². The van der Waals surface area contributed by atoms with Crippen LogP contribution in [0.25, 0.3) is 0 Å². The number of hydrogen-bond donors (Lipinski definition) is 1. The number of ketones is 1. The van der Waals surface area contributed by atoms with Crippen LogP contribution in [0.4, 0.5) is 0 Å². The van der Waals surface area contributed by atoms with Gasteiger partial charge in [-0.05, 0) is 31.9 Å². The molecule has 0 unspecified atom stereocenters. The van der Waals surface area contributed by atoms with Crippen LogP contribution in [0, 0.1) is 13.8 Å². The number of aryl methyl sites for hydroxylation is 1. The second-order valence-corrected chi connectivity index (χ2v) is 9.90. The fourth-order valence-electron chi connectivity index (χ4n) is 4.11. The van der Waals surface area contributed by atoms with Gasteiger partial charge in [-0.15, -0.1) is 0 Å². The molecule has 1 aromatic heterocycles. The Labute approximate surface area is 174 Å². The van der Waals surface area contributed by atoms with E-state index in [4.69, 9.17) is 0 Å². The Hall–Kier alpha value is -1.96. The van der Waals surface area contributed by atoms with Gasteiger partial charge in [0.15, 0.2) is 0 Å². The molecule has 1 aliphatic rings. The number of carbonyl (C=O) groups excluding carboxylic acids is 1. The number of rotatable bonds is 8. The van der Waals surface area contributed by atoms with Gasteiger partial charge in [0, 0.05) is 23.5 Å². The maximum absolute atomic E-state index is 12.9. The van der Waals surface area contributed by atoms with Crippen LogP contribution in [0.1, 0.15) is 40.7 Å². The maximum atomic E-state index is 12.9. The number of carbonyl (C=O) groups is 1. The van der Waals surface area contributed by atoms with Gasteiger partial charge in [-0.2, -0.15) is 4.31 Å². The van der Waals surface area contributed by atoms with Crippen LogP contribution in [0.3, 0.4) is 0 Å². The highest BCUT2D eigenvalue weighted by Gasteiger charge is 2.30. The molecule has 2 heterocycles. The van der Waals surface area contributed by atoms with E-state index in [-0.39, 0.29) is 11.5 Å². The first-order valence-corrected chi connectivity index (χ1v) is 12.0. The van der Waals surface area contributed by atoms with Crippen molar-refractivity contribution in [2.45, 2.75) is 39.5 Å². The molecule has 1 saturated heterocycles. The number of nitrogens with one attached hydrogen (secondary N) is 1. The minimum absolute atomic E-state index is 0.0333. The number of aromatic nitrogens is 1. The fourth-order valence-corrected chi connectivity index (χ4v) is 5.64. The lowest BCUT2D eigenvalue weighted by Gasteiger charge is -2.31. The predicted octanol–water partition coefficient (Wildman–Crippen LogP) is 1.43. The first-order chi connectivity index (χ1) is 13.8. The van der Waals surface area contributed by atoms with Crippen LogP contribution in [0.15, 0.2) is 36.4 Å². The second kappa shape index (κ2) is 9.24. The van der Waals surface area contributed by atoms with Crippen molar-refractivity contribution in [3.8, 4) is 0 Å². The summed E-state index contributed by atoms with van der Waals surface area (Å²) in [5.41, 5.74) is 3.78. The van der Waals surface area contributed by atoms with E-state index >= 15 is 0 Å². The average Bonchev–Trinajstić information content (AvgIpc) is 2.97. The van der Waals surface area contributed by atoms with Crippen molar-refractivity contribution < 1.29 is 18.1 Å². The van der Waals surface area contributed by atoms with Gasteiger partial charge in [-0.1, -0.05) is 37.3 Å². The monoisotopic (exact) mass is 418 g/mol. The van der Waals surface area contributed by atoms with E-state index in [9.17, 15) is 13.2 Å². The summed E-state index contributed by atoms with van der Waals surface area (Å²) in [5, 5.41) is 0. The molecule has 0 amide bonds. The second-order valence-electron chi connectivity index (χ2n) is 7.93. The van der Waals surface area contributed by atoms with Gasteiger partial charge >= 0.3 is 0 Å². The Morgan fingerprint density at radius 2 is 1.76 bits per heavy atom. The molecule has 1 N–H and O–H groups in total. The molecule has 1 aromatic carbocycles. The zero-order valence-corrected chi connectivity index (χ0v) is 18.5. The van der Waals surface area contributed by atoms with Crippen molar-refractivity contribution in [1.29, 1.82) is 0 Å². The number of piperazine rings is 1. The summed E-state index contributed by atoms with van der Waals surface area (Å²) >= 11 is 0. The fraction of sp³-hybridized carbons (Fsp3) is 0.500. The minimum Gasteiger partial charge on any atom is -0.348 e. The highest BCUT2D eigenvalue weighted by Crippen LogP contribution is 2.16. The highest BCUT2D eigenvalue weighted by atomic mass is 32.2. The van der Waals surface area contributed by atoms with Crippen LogP contribution in [-0.2, 0) is 22.3 Å². The van der Waals surface area contributed by atoms with Crippen molar-refractivity contribution in [3.63, 3.8) is 0 Å². The molecule has 2 aromatic rings. The quantitative estimate of drug-likeness (QED) is 0.660. The van der Waals surface area contributed by atoms with Crippen LogP contribution in [0.2, 0.25) is 0 Å². The summed E-state index contributed by atoms with van der Waals surface area (Å²) in [4.78, 5) is 14.0. The number of Topliss-reactive ketones (excluding diaryl/α,β-unsaturated/α-hetero) is 1. The Kier molecular flexibility index (Phi) is 6.93. The third kappa shape index (κ3) is 5.15. The largest absolute Gasteiger partial charge is 0.348 e. The minimum atomic E-state index is -3.32. The lowest BCUT2D eigenvalue weighted by atomic mass is 10.1. The van der Waals surface area contributed by atoms with Crippen molar-refractivity contribution >= 4 is 15.8 Å². The van der Waals surface area contributed by atoms with E-state index in [1.807, 2.05) is 50.2 Å². The molecule has 1 aliphatic heterocycles. The lowest BCUT2D eigenvalue weighted by molar-refractivity contribution is -0.895. The number of benzene rings is 1. The summed E-state index contributed by atoms with van der Waals surface area (Å²) < 4.78 is 29.2. The third-order valence-electron chi connectivity index (χ3n) is 5.75. The first-order valence-electron chi connectivity index (χ1n) is 10.4. The van der Waals surface area contributed by atoms with Gasteiger partial charge in [-0.3, -0.25) is 4.79 Å². The Morgan fingerprint density at radius 1 is 1.10 bits per heavy atom. The molecule has 0 radical (unpaired) electrons. The zero-order chi connectivity index (χ0) is 21.0. The third-order valence-corrected chi connectivity index (χ3v) is 7.60. The molecule has 6 nitrogen and oxygen atoms in total. The SMILES string of the molecule is CCCn1c(C)cc(C(=O)C[NH+]2CCN(S(=O)(=O)Cc3ccccc3)CC2)c1C. The summed E-state index contributed by atoms with van der Waals surface area (Å²) in [5.74, 6) is 0.182. The molecular formula is C22H32N3O3S+. The Morgan fingerprint density at radius 3 is 2.38 bits per heavy atom. The first kappa shape index (κ1) is 21.7. The molecule has 0 bridgehead atoms. The Balaban J connectivity index is 1.57. The average molecular weight is 419 g/mol. The van der Waals surface area contributed by atoms with Crippen molar-refractivity contribution in [2.24, 2.45) is 0 Å². The van der Waals surface area contributed by atoms with Crippen molar-refractivity contribution in [3.05, 3.63) is 58.9 Å². The van der Waals surface area contributed by atoms with E-state index in [0.717, 1.165) is 40.4 Å². The van der Waals surface area contributed by atoms with Gasteiger partial charge < -0.3 is 9.47 Å². The highest BCUT2D eigenvalue weighted by molar-refractivity contribution is 7.88. The number of nitrogens with zero attached hydrogens (tertiary/aromatic N) is 2. The molecule has 0 aliphatic carbocycles.